The highest BCUT2D eigenvalue weighted by molar-refractivity contribution is 4.82. The summed E-state index contributed by atoms with van der Waals surface area (Å²) in [6, 6.07) is 0. The topological polar surface area (TPSA) is 69.4 Å². The highest BCUT2D eigenvalue weighted by Gasteiger charge is 2.15. The maximum Gasteiger partial charge on any atom is 0.107 e. The van der Waals surface area contributed by atoms with E-state index in [0.29, 0.717) is 46.2 Å². The first-order valence-corrected chi connectivity index (χ1v) is 8.76. The number of terminal acetylenes is 1. The SMILES string of the molecule is C#CCOCCOCCOCCOCCN1CCN(CCN)CC1. The van der Waals surface area contributed by atoms with Crippen molar-refractivity contribution >= 4 is 0 Å². The highest BCUT2D eigenvalue weighted by atomic mass is 16.6. The molecule has 0 radical (unpaired) electrons. The standard InChI is InChI=1S/C17H33N3O4/c1-2-10-21-12-14-23-16-17-24-15-13-22-11-9-20-7-5-19(4-3-18)6-8-20/h1H,3-18H2. The minimum atomic E-state index is 0.334. The van der Waals surface area contributed by atoms with Crippen LogP contribution in [0, 0.1) is 12.3 Å². The van der Waals surface area contributed by atoms with Crippen LogP contribution in [0.4, 0.5) is 0 Å². The Hall–Kier alpha value is -0.720. The van der Waals surface area contributed by atoms with Crippen LogP contribution >= 0.6 is 0 Å². The normalized spacial score (nSPS) is 16.3. The second kappa shape index (κ2) is 15.8. The molecule has 7 nitrogen and oxygen atoms in total. The van der Waals surface area contributed by atoms with Gasteiger partial charge in [-0.25, -0.2) is 0 Å². The molecule has 0 aromatic rings. The van der Waals surface area contributed by atoms with Gasteiger partial charge in [-0.2, -0.15) is 0 Å². The van der Waals surface area contributed by atoms with Gasteiger partial charge >= 0.3 is 0 Å². The van der Waals surface area contributed by atoms with Crippen molar-refractivity contribution in [3.8, 4) is 12.3 Å². The molecule has 24 heavy (non-hydrogen) atoms. The molecule has 0 saturated carbocycles. The fourth-order valence-corrected chi connectivity index (χ4v) is 2.40. The summed E-state index contributed by atoms with van der Waals surface area (Å²) in [5, 5.41) is 0. The van der Waals surface area contributed by atoms with Crippen LogP contribution in [0.2, 0.25) is 0 Å². The monoisotopic (exact) mass is 343 g/mol. The molecule has 0 amide bonds. The lowest BCUT2D eigenvalue weighted by atomic mass is 10.3. The molecule has 0 spiro atoms. The van der Waals surface area contributed by atoms with Gasteiger partial charge in [0.2, 0.25) is 0 Å². The number of ether oxygens (including phenoxy) is 4. The Bertz CT molecular complexity index is 317. The molecule has 2 N–H and O–H groups in total. The highest BCUT2D eigenvalue weighted by Crippen LogP contribution is 2.00. The van der Waals surface area contributed by atoms with Crippen molar-refractivity contribution < 1.29 is 18.9 Å². The first-order chi connectivity index (χ1) is 11.9. The van der Waals surface area contributed by atoms with Crippen LogP contribution in [0.1, 0.15) is 0 Å². The zero-order valence-corrected chi connectivity index (χ0v) is 14.8. The summed E-state index contributed by atoms with van der Waals surface area (Å²) in [5.41, 5.74) is 5.58. The number of piperazine rings is 1. The smallest absolute Gasteiger partial charge is 0.107 e. The number of hydrogen-bond donors (Lipinski definition) is 1. The summed E-state index contributed by atoms with van der Waals surface area (Å²) in [4.78, 5) is 4.85. The summed E-state index contributed by atoms with van der Waals surface area (Å²) in [6.45, 7) is 11.6. The minimum absolute atomic E-state index is 0.334. The first kappa shape index (κ1) is 21.3. The van der Waals surface area contributed by atoms with E-state index >= 15 is 0 Å². The van der Waals surface area contributed by atoms with Crippen LogP contribution in [0.5, 0.6) is 0 Å². The molecule has 140 valence electrons. The predicted molar refractivity (Wildman–Crippen MR) is 94.0 cm³/mol. The summed E-state index contributed by atoms with van der Waals surface area (Å²) in [5.74, 6) is 2.41. The fraction of sp³-hybridized carbons (Fsp3) is 0.882. The van der Waals surface area contributed by atoms with Crippen molar-refractivity contribution in [3.05, 3.63) is 0 Å². The van der Waals surface area contributed by atoms with E-state index in [2.05, 4.69) is 15.7 Å². The predicted octanol–water partition coefficient (Wildman–Crippen LogP) is -0.738. The molecule has 1 aliphatic heterocycles. The van der Waals surface area contributed by atoms with Gasteiger partial charge in [-0.1, -0.05) is 5.92 Å². The van der Waals surface area contributed by atoms with E-state index in [0.717, 1.165) is 52.4 Å². The van der Waals surface area contributed by atoms with Crippen molar-refractivity contribution in [2.75, 3.05) is 98.7 Å². The Morgan fingerprint density at radius 3 is 1.67 bits per heavy atom. The molecule has 0 aromatic carbocycles. The quantitative estimate of drug-likeness (QED) is 0.310. The Kier molecular flexibility index (Phi) is 14.0. The van der Waals surface area contributed by atoms with Crippen LogP contribution in [-0.2, 0) is 18.9 Å². The summed E-state index contributed by atoms with van der Waals surface area (Å²) in [6.07, 6.45) is 5.06. The molecule has 1 aliphatic rings. The van der Waals surface area contributed by atoms with Gasteiger partial charge in [-0.05, 0) is 0 Å². The third kappa shape index (κ3) is 11.8. The molecule has 0 aliphatic carbocycles. The molecule has 0 bridgehead atoms. The molecule has 1 rings (SSSR count). The van der Waals surface area contributed by atoms with Crippen LogP contribution in [0.3, 0.4) is 0 Å². The van der Waals surface area contributed by atoms with Gasteiger partial charge in [0.25, 0.3) is 0 Å². The Morgan fingerprint density at radius 1 is 0.708 bits per heavy atom. The van der Waals surface area contributed by atoms with Gasteiger partial charge in [-0.3, -0.25) is 9.80 Å². The molecule has 0 aromatic heterocycles. The van der Waals surface area contributed by atoms with Gasteiger partial charge in [0.1, 0.15) is 6.61 Å². The Balaban J connectivity index is 1.76. The van der Waals surface area contributed by atoms with Gasteiger partial charge in [0, 0.05) is 45.8 Å². The maximum absolute atomic E-state index is 5.60. The number of nitrogens with zero attached hydrogens (tertiary/aromatic N) is 2. The Labute approximate surface area is 146 Å². The van der Waals surface area contributed by atoms with E-state index in [1.165, 1.54) is 0 Å². The largest absolute Gasteiger partial charge is 0.378 e. The number of nitrogens with two attached hydrogens (primary N) is 1. The fourth-order valence-electron chi connectivity index (χ4n) is 2.40. The lowest BCUT2D eigenvalue weighted by Crippen LogP contribution is -2.48. The van der Waals surface area contributed by atoms with E-state index in [-0.39, 0.29) is 0 Å². The lowest BCUT2D eigenvalue weighted by molar-refractivity contribution is -0.00253. The summed E-state index contributed by atoms with van der Waals surface area (Å²) < 4.78 is 21.5. The average molecular weight is 343 g/mol. The molecule has 1 saturated heterocycles. The zero-order valence-electron chi connectivity index (χ0n) is 14.8. The van der Waals surface area contributed by atoms with Crippen molar-refractivity contribution in [1.29, 1.82) is 0 Å². The molecule has 0 atom stereocenters. The van der Waals surface area contributed by atoms with Crippen molar-refractivity contribution in [1.82, 2.24) is 9.80 Å². The molecule has 1 heterocycles. The third-order valence-corrected chi connectivity index (χ3v) is 3.76. The molecular weight excluding hydrogens is 310 g/mol. The van der Waals surface area contributed by atoms with Gasteiger partial charge < -0.3 is 24.7 Å². The maximum atomic E-state index is 5.60. The van der Waals surface area contributed by atoms with Gasteiger partial charge in [0.15, 0.2) is 0 Å². The van der Waals surface area contributed by atoms with Crippen LogP contribution in [-0.4, -0.2) is 108 Å². The average Bonchev–Trinajstić information content (AvgIpc) is 2.60. The van der Waals surface area contributed by atoms with E-state index in [1.807, 2.05) is 0 Å². The van der Waals surface area contributed by atoms with Crippen molar-refractivity contribution in [2.45, 2.75) is 0 Å². The van der Waals surface area contributed by atoms with E-state index < -0.39 is 0 Å². The van der Waals surface area contributed by atoms with Crippen molar-refractivity contribution in [2.24, 2.45) is 5.73 Å². The van der Waals surface area contributed by atoms with Gasteiger partial charge in [0.05, 0.1) is 46.2 Å². The second-order valence-electron chi connectivity index (χ2n) is 5.57. The summed E-state index contributed by atoms with van der Waals surface area (Å²) >= 11 is 0. The van der Waals surface area contributed by atoms with Crippen molar-refractivity contribution in [3.63, 3.8) is 0 Å². The first-order valence-electron chi connectivity index (χ1n) is 8.76. The van der Waals surface area contributed by atoms with Crippen LogP contribution < -0.4 is 5.73 Å². The summed E-state index contributed by atoms with van der Waals surface area (Å²) in [7, 11) is 0. The van der Waals surface area contributed by atoms with E-state index in [4.69, 9.17) is 31.1 Å². The Morgan fingerprint density at radius 2 is 1.17 bits per heavy atom. The minimum Gasteiger partial charge on any atom is -0.378 e. The molecule has 7 heteroatoms. The van der Waals surface area contributed by atoms with Crippen LogP contribution in [0.15, 0.2) is 0 Å². The third-order valence-electron chi connectivity index (χ3n) is 3.76. The number of rotatable bonds is 15. The zero-order chi connectivity index (χ0) is 17.3. The van der Waals surface area contributed by atoms with E-state index in [9.17, 15) is 0 Å². The molecule has 0 unspecified atom stereocenters. The number of hydrogen-bond acceptors (Lipinski definition) is 7. The van der Waals surface area contributed by atoms with Gasteiger partial charge in [-0.15, -0.1) is 6.42 Å². The molecule has 1 fully saturated rings. The second-order valence-corrected chi connectivity index (χ2v) is 5.57. The van der Waals surface area contributed by atoms with Crippen LogP contribution in [0.25, 0.3) is 0 Å². The molecular formula is C17H33N3O4. The van der Waals surface area contributed by atoms with E-state index in [1.54, 1.807) is 0 Å². The lowest BCUT2D eigenvalue weighted by Gasteiger charge is -2.34.